The van der Waals surface area contributed by atoms with Crippen LogP contribution in [0.15, 0.2) is 30.3 Å². The van der Waals surface area contributed by atoms with Gasteiger partial charge in [-0.3, -0.25) is 9.69 Å². The van der Waals surface area contributed by atoms with E-state index >= 15 is 0 Å². The lowest BCUT2D eigenvalue weighted by molar-refractivity contribution is -0.121. The van der Waals surface area contributed by atoms with Gasteiger partial charge in [0.05, 0.1) is 5.54 Å². The van der Waals surface area contributed by atoms with Crippen molar-refractivity contribution in [3.05, 3.63) is 42.9 Å². The molecule has 1 fully saturated rings. The van der Waals surface area contributed by atoms with Crippen LogP contribution in [0, 0.1) is 7.05 Å². The highest BCUT2D eigenvalue weighted by Crippen LogP contribution is 2.32. The molecule has 1 aliphatic rings. The third kappa shape index (κ3) is 2.67. The van der Waals surface area contributed by atoms with Gasteiger partial charge in [-0.2, -0.15) is 0 Å². The molecule has 3 nitrogen and oxygen atoms in total. The molecule has 17 heavy (non-hydrogen) atoms. The molecule has 0 unspecified atom stereocenters. The minimum Gasteiger partial charge on any atom is -0.347 e. The summed E-state index contributed by atoms with van der Waals surface area (Å²) in [5.41, 5.74) is 0.923. The van der Waals surface area contributed by atoms with E-state index in [9.17, 15) is 4.79 Å². The summed E-state index contributed by atoms with van der Waals surface area (Å²) >= 11 is 0. The van der Waals surface area contributed by atoms with Gasteiger partial charge in [-0.05, 0) is 18.4 Å². The number of nitrogens with zero attached hydrogens (tertiary/aromatic N) is 1. The van der Waals surface area contributed by atoms with Crippen LogP contribution < -0.4 is 5.32 Å². The topological polar surface area (TPSA) is 32.3 Å². The van der Waals surface area contributed by atoms with Crippen molar-refractivity contribution >= 4 is 5.91 Å². The number of likely N-dealkylation sites (tertiary alicyclic amines) is 1. The number of carbonyl (C=O) groups is 1. The van der Waals surface area contributed by atoms with Crippen LogP contribution in [0.2, 0.25) is 0 Å². The quantitative estimate of drug-likeness (QED) is 0.840. The first-order valence-electron chi connectivity index (χ1n) is 5.96. The van der Waals surface area contributed by atoms with Crippen LogP contribution in [0.1, 0.15) is 25.3 Å². The zero-order valence-electron chi connectivity index (χ0n) is 10.1. The van der Waals surface area contributed by atoms with Gasteiger partial charge in [0.15, 0.2) is 0 Å². The van der Waals surface area contributed by atoms with Crippen molar-refractivity contribution in [2.24, 2.45) is 0 Å². The van der Waals surface area contributed by atoms with E-state index in [4.69, 9.17) is 7.05 Å². The summed E-state index contributed by atoms with van der Waals surface area (Å²) in [6.07, 6.45) is 1.71. The number of carbonyl (C=O) groups excluding carboxylic acids is 1. The van der Waals surface area contributed by atoms with Crippen molar-refractivity contribution in [2.45, 2.75) is 25.3 Å². The van der Waals surface area contributed by atoms with Crippen molar-refractivity contribution in [3.8, 4) is 0 Å². The zero-order valence-corrected chi connectivity index (χ0v) is 10.1. The van der Waals surface area contributed by atoms with E-state index in [1.807, 2.05) is 23.1 Å². The van der Waals surface area contributed by atoms with Crippen molar-refractivity contribution < 1.29 is 4.79 Å². The highest BCUT2D eigenvalue weighted by Gasteiger charge is 2.35. The smallest absolute Gasteiger partial charge is 0.217 e. The largest absolute Gasteiger partial charge is 0.347 e. The number of hydrogen-bond acceptors (Lipinski definition) is 2. The van der Waals surface area contributed by atoms with Gasteiger partial charge < -0.3 is 5.32 Å². The van der Waals surface area contributed by atoms with Crippen molar-refractivity contribution in [1.29, 1.82) is 0 Å². The Kier molecular flexibility index (Phi) is 3.48. The zero-order chi connectivity index (χ0) is 12.3. The van der Waals surface area contributed by atoms with E-state index in [1.54, 1.807) is 6.92 Å². The second kappa shape index (κ2) is 4.88. The van der Waals surface area contributed by atoms with Crippen molar-refractivity contribution in [2.75, 3.05) is 13.1 Å². The average molecular weight is 230 g/mol. The molecule has 0 bridgehead atoms. The Morgan fingerprint density at radius 3 is 2.41 bits per heavy atom. The number of hydrogen-bond donors (Lipinski definition) is 1. The summed E-state index contributed by atoms with van der Waals surface area (Å²) < 4.78 is 0. The second-order valence-corrected chi connectivity index (χ2v) is 4.67. The molecule has 1 aromatic carbocycles. The van der Waals surface area contributed by atoms with E-state index in [1.165, 1.54) is 5.56 Å². The molecule has 1 heterocycles. The third-order valence-electron chi connectivity index (χ3n) is 3.39. The van der Waals surface area contributed by atoms with Crippen LogP contribution >= 0.6 is 0 Å². The molecule has 1 N–H and O–H groups in total. The van der Waals surface area contributed by atoms with Crippen LogP contribution in [-0.2, 0) is 10.3 Å². The van der Waals surface area contributed by atoms with Gasteiger partial charge in [-0.25, -0.2) is 0 Å². The molecule has 1 amide bonds. The molecule has 0 spiro atoms. The molecule has 1 aliphatic heterocycles. The molecule has 0 aliphatic carbocycles. The fourth-order valence-electron chi connectivity index (χ4n) is 2.49. The van der Waals surface area contributed by atoms with E-state index < -0.39 is 0 Å². The predicted octanol–water partition coefficient (Wildman–Crippen LogP) is 1.78. The van der Waals surface area contributed by atoms with Crippen LogP contribution in [0.25, 0.3) is 0 Å². The monoisotopic (exact) mass is 230 g/mol. The first-order valence-corrected chi connectivity index (χ1v) is 5.96. The SMILES string of the molecule is [CH]N1CCC(NC(C)=O)(c2ccccc2)CC1. The molecule has 1 aromatic rings. The van der Waals surface area contributed by atoms with Crippen molar-refractivity contribution in [1.82, 2.24) is 10.2 Å². The Bertz CT molecular complexity index is 380. The fourth-order valence-corrected chi connectivity index (χ4v) is 2.49. The molecule has 3 heteroatoms. The molecular formula is C14H18N2O. The van der Waals surface area contributed by atoms with E-state index in [-0.39, 0.29) is 11.4 Å². The summed E-state index contributed by atoms with van der Waals surface area (Å²) in [4.78, 5) is 13.2. The highest BCUT2D eigenvalue weighted by molar-refractivity contribution is 5.74. The second-order valence-electron chi connectivity index (χ2n) is 4.67. The summed E-state index contributed by atoms with van der Waals surface area (Å²) in [6.45, 7) is 3.17. The van der Waals surface area contributed by atoms with Gasteiger partial charge in [-0.15, -0.1) is 0 Å². The summed E-state index contributed by atoms with van der Waals surface area (Å²) in [6, 6.07) is 10.1. The molecule has 1 saturated heterocycles. The highest BCUT2D eigenvalue weighted by atomic mass is 16.1. The molecule has 90 valence electrons. The Hall–Kier alpha value is -1.35. The Balaban J connectivity index is 2.27. The molecular weight excluding hydrogens is 212 g/mol. The summed E-state index contributed by atoms with van der Waals surface area (Å²) in [5.74, 6) is 0.0133. The maximum absolute atomic E-state index is 11.4. The van der Waals surface area contributed by atoms with E-state index in [2.05, 4.69) is 17.4 Å². The summed E-state index contributed by atoms with van der Waals surface area (Å²) in [7, 11) is 5.79. The van der Waals surface area contributed by atoms with Crippen LogP contribution in [-0.4, -0.2) is 23.9 Å². The van der Waals surface area contributed by atoms with Gasteiger partial charge in [0.2, 0.25) is 5.91 Å². The molecule has 2 radical (unpaired) electrons. The standard InChI is InChI=1S/C14H18N2O/c1-12(17)15-14(8-10-16(2)11-9-14)13-6-4-3-5-7-13/h2-7H,8-11H2,1H3,(H,15,17). The number of rotatable bonds is 2. The van der Waals surface area contributed by atoms with Crippen LogP contribution in [0.4, 0.5) is 0 Å². The third-order valence-corrected chi connectivity index (χ3v) is 3.39. The van der Waals surface area contributed by atoms with E-state index in [0.29, 0.717) is 0 Å². The molecule has 0 atom stereocenters. The predicted molar refractivity (Wildman–Crippen MR) is 67.0 cm³/mol. The number of piperidine rings is 1. The lowest BCUT2D eigenvalue weighted by Crippen LogP contribution is -2.51. The fraction of sp³-hybridized carbons (Fsp3) is 0.429. The number of amides is 1. The average Bonchev–Trinajstić information content (AvgIpc) is 2.33. The molecule has 0 saturated carbocycles. The minimum atomic E-state index is -0.247. The Morgan fingerprint density at radius 2 is 1.88 bits per heavy atom. The maximum atomic E-state index is 11.4. The van der Waals surface area contributed by atoms with Gasteiger partial charge >= 0.3 is 0 Å². The first-order chi connectivity index (χ1) is 8.12. The maximum Gasteiger partial charge on any atom is 0.217 e. The van der Waals surface area contributed by atoms with Crippen LogP contribution in [0.5, 0.6) is 0 Å². The van der Waals surface area contributed by atoms with E-state index in [0.717, 1.165) is 25.9 Å². The first kappa shape index (κ1) is 12.1. The minimum absolute atomic E-state index is 0.0133. The van der Waals surface area contributed by atoms with Gasteiger partial charge in [-0.1, -0.05) is 30.3 Å². The summed E-state index contributed by atoms with van der Waals surface area (Å²) in [5, 5.41) is 3.11. The Morgan fingerprint density at radius 1 is 1.29 bits per heavy atom. The molecule has 0 aromatic heterocycles. The van der Waals surface area contributed by atoms with Crippen LogP contribution in [0.3, 0.4) is 0 Å². The van der Waals surface area contributed by atoms with Crippen molar-refractivity contribution in [3.63, 3.8) is 0 Å². The normalized spacial score (nSPS) is 19.9. The number of nitrogens with one attached hydrogen (secondary N) is 1. The Labute approximate surface area is 103 Å². The van der Waals surface area contributed by atoms with Gasteiger partial charge in [0, 0.05) is 27.1 Å². The molecule has 2 rings (SSSR count). The van der Waals surface area contributed by atoms with Gasteiger partial charge in [0.25, 0.3) is 0 Å². The number of benzene rings is 1. The lowest BCUT2D eigenvalue weighted by atomic mass is 9.81. The lowest BCUT2D eigenvalue weighted by Gasteiger charge is -2.41. The van der Waals surface area contributed by atoms with Gasteiger partial charge in [0.1, 0.15) is 0 Å².